The molecule has 0 saturated heterocycles. The normalized spacial score (nSPS) is 10.4. The van der Waals surface area contributed by atoms with Gasteiger partial charge in [0.1, 0.15) is 5.75 Å². The quantitative estimate of drug-likeness (QED) is 0.835. The third-order valence-electron chi connectivity index (χ3n) is 2.83. The minimum absolute atomic E-state index is 0.130. The average Bonchev–Trinajstić information content (AvgIpc) is 2.80. The molecule has 2 aromatic rings. The lowest BCUT2D eigenvalue weighted by molar-refractivity contribution is 0.0519. The summed E-state index contributed by atoms with van der Waals surface area (Å²) in [6, 6.07) is 5.68. The summed E-state index contributed by atoms with van der Waals surface area (Å²) in [5, 5.41) is 4.17. The predicted molar refractivity (Wildman–Crippen MR) is 82.4 cm³/mol. The largest absolute Gasteiger partial charge is 0.496 e. The molecule has 2 rings (SSSR count). The molecule has 6 nitrogen and oxygen atoms in total. The summed E-state index contributed by atoms with van der Waals surface area (Å²) in [5.74, 6) is 0.222. The first-order valence-electron chi connectivity index (χ1n) is 6.37. The first-order valence-corrected chi connectivity index (χ1v) is 7.17. The highest BCUT2D eigenvalue weighted by atomic mass is 79.9. The number of nitrogens with zero attached hydrogens (tertiary/aromatic N) is 2. The molecule has 0 aliphatic rings. The van der Waals surface area contributed by atoms with E-state index in [1.807, 2.05) is 18.2 Å². The number of hydrogen-bond donors (Lipinski definition) is 1. The lowest BCUT2D eigenvalue weighted by atomic mass is 10.2. The van der Waals surface area contributed by atoms with Gasteiger partial charge in [-0.1, -0.05) is 15.9 Å². The molecule has 0 atom stereocenters. The molecule has 0 radical (unpaired) electrons. The molecule has 0 bridgehead atoms. The van der Waals surface area contributed by atoms with Crippen LogP contribution < -0.4 is 10.5 Å². The SMILES string of the molecule is CCOC(=O)c1nn(Cc2cc(Br)ccc2OC)cc1N. The molecule has 112 valence electrons. The summed E-state index contributed by atoms with van der Waals surface area (Å²) in [7, 11) is 1.61. The Morgan fingerprint density at radius 1 is 1.48 bits per heavy atom. The molecule has 0 aliphatic heterocycles. The second kappa shape index (κ2) is 6.62. The van der Waals surface area contributed by atoms with E-state index >= 15 is 0 Å². The summed E-state index contributed by atoms with van der Waals surface area (Å²) in [4.78, 5) is 11.7. The van der Waals surface area contributed by atoms with Crippen molar-refractivity contribution in [2.24, 2.45) is 0 Å². The molecule has 0 spiro atoms. The van der Waals surface area contributed by atoms with Gasteiger partial charge in [-0.2, -0.15) is 5.10 Å². The zero-order valence-corrected chi connectivity index (χ0v) is 13.4. The molecule has 0 saturated carbocycles. The third kappa shape index (κ3) is 3.55. The lowest BCUT2D eigenvalue weighted by Gasteiger charge is -2.09. The van der Waals surface area contributed by atoms with Crippen molar-refractivity contribution in [3.63, 3.8) is 0 Å². The van der Waals surface area contributed by atoms with Crippen LogP contribution in [0.4, 0.5) is 5.69 Å². The Hall–Kier alpha value is -2.02. The van der Waals surface area contributed by atoms with E-state index < -0.39 is 5.97 Å². The number of aromatic nitrogens is 2. The number of nitrogens with two attached hydrogens (primary N) is 1. The Bertz CT molecular complexity index is 655. The van der Waals surface area contributed by atoms with Gasteiger partial charge < -0.3 is 15.2 Å². The smallest absolute Gasteiger partial charge is 0.361 e. The summed E-state index contributed by atoms with van der Waals surface area (Å²) in [6.45, 7) is 2.45. The molecule has 7 heteroatoms. The number of benzene rings is 1. The Morgan fingerprint density at radius 3 is 2.90 bits per heavy atom. The summed E-state index contributed by atoms with van der Waals surface area (Å²) >= 11 is 3.42. The molecule has 0 fully saturated rings. The third-order valence-corrected chi connectivity index (χ3v) is 3.33. The van der Waals surface area contributed by atoms with Crippen molar-refractivity contribution in [3.05, 3.63) is 40.1 Å². The summed E-state index contributed by atoms with van der Waals surface area (Å²) in [5.41, 5.74) is 7.15. The highest BCUT2D eigenvalue weighted by Gasteiger charge is 2.16. The van der Waals surface area contributed by atoms with E-state index in [4.69, 9.17) is 15.2 Å². The molecule has 2 N–H and O–H groups in total. The molecule has 0 amide bonds. The summed E-state index contributed by atoms with van der Waals surface area (Å²) < 4.78 is 12.7. The Balaban J connectivity index is 2.26. The number of esters is 1. The van der Waals surface area contributed by atoms with Crippen LogP contribution in [-0.4, -0.2) is 29.5 Å². The van der Waals surface area contributed by atoms with Crippen molar-refractivity contribution in [1.82, 2.24) is 9.78 Å². The lowest BCUT2D eigenvalue weighted by Crippen LogP contribution is -2.09. The van der Waals surface area contributed by atoms with Crippen LogP contribution in [0.3, 0.4) is 0 Å². The van der Waals surface area contributed by atoms with E-state index in [-0.39, 0.29) is 12.3 Å². The van der Waals surface area contributed by atoms with Gasteiger partial charge in [0.25, 0.3) is 0 Å². The topological polar surface area (TPSA) is 79.4 Å². The molecule has 0 aliphatic carbocycles. The maximum Gasteiger partial charge on any atom is 0.361 e. The molecular weight excluding hydrogens is 338 g/mol. The van der Waals surface area contributed by atoms with E-state index in [0.29, 0.717) is 12.2 Å². The Labute approximate surface area is 131 Å². The van der Waals surface area contributed by atoms with Crippen LogP contribution in [0, 0.1) is 0 Å². The molecule has 21 heavy (non-hydrogen) atoms. The van der Waals surface area contributed by atoms with Gasteiger partial charge in [0.2, 0.25) is 0 Å². The van der Waals surface area contributed by atoms with Gasteiger partial charge in [0, 0.05) is 16.2 Å². The highest BCUT2D eigenvalue weighted by Crippen LogP contribution is 2.24. The number of methoxy groups -OCH3 is 1. The van der Waals surface area contributed by atoms with Crippen molar-refractivity contribution in [1.29, 1.82) is 0 Å². The Kier molecular flexibility index (Phi) is 4.85. The fourth-order valence-electron chi connectivity index (χ4n) is 1.92. The molecule has 1 heterocycles. The van der Waals surface area contributed by atoms with Crippen molar-refractivity contribution in [3.8, 4) is 5.75 Å². The number of ether oxygens (including phenoxy) is 2. The van der Waals surface area contributed by atoms with Crippen LogP contribution >= 0.6 is 15.9 Å². The zero-order chi connectivity index (χ0) is 15.4. The Morgan fingerprint density at radius 2 is 2.24 bits per heavy atom. The van der Waals surface area contributed by atoms with E-state index in [0.717, 1.165) is 15.8 Å². The number of carbonyl (C=O) groups is 1. The van der Waals surface area contributed by atoms with Gasteiger partial charge in [0.05, 0.1) is 25.9 Å². The summed E-state index contributed by atoms with van der Waals surface area (Å²) in [6.07, 6.45) is 1.60. The number of anilines is 1. The van der Waals surface area contributed by atoms with Crippen LogP contribution in [-0.2, 0) is 11.3 Å². The van der Waals surface area contributed by atoms with E-state index in [1.165, 1.54) is 0 Å². The fourth-order valence-corrected chi connectivity index (χ4v) is 2.33. The monoisotopic (exact) mass is 353 g/mol. The predicted octanol–water partition coefficient (Wildman–Crippen LogP) is 2.46. The van der Waals surface area contributed by atoms with Crippen molar-refractivity contribution in [2.45, 2.75) is 13.5 Å². The second-order valence-corrected chi connectivity index (χ2v) is 5.22. The number of nitrogen functional groups attached to an aromatic ring is 1. The minimum atomic E-state index is -0.519. The van der Waals surface area contributed by atoms with Crippen LogP contribution in [0.25, 0.3) is 0 Å². The van der Waals surface area contributed by atoms with Gasteiger partial charge in [0.15, 0.2) is 5.69 Å². The standard InChI is InChI=1S/C14H16BrN3O3/c1-3-21-14(19)13-11(16)8-18(17-13)7-9-6-10(15)4-5-12(9)20-2/h4-6,8H,3,7,16H2,1-2H3. The van der Waals surface area contributed by atoms with Crippen LogP contribution in [0.15, 0.2) is 28.9 Å². The maximum atomic E-state index is 11.7. The maximum absolute atomic E-state index is 11.7. The van der Waals surface area contributed by atoms with E-state index in [9.17, 15) is 4.79 Å². The van der Waals surface area contributed by atoms with Gasteiger partial charge in [-0.15, -0.1) is 0 Å². The minimum Gasteiger partial charge on any atom is -0.496 e. The molecule has 1 aromatic heterocycles. The van der Waals surface area contributed by atoms with E-state index in [1.54, 1.807) is 24.9 Å². The van der Waals surface area contributed by atoms with Crippen LogP contribution in [0.2, 0.25) is 0 Å². The number of rotatable bonds is 5. The molecule has 1 aromatic carbocycles. The number of carbonyl (C=O) groups excluding carboxylic acids is 1. The first-order chi connectivity index (χ1) is 10.0. The second-order valence-electron chi connectivity index (χ2n) is 4.31. The highest BCUT2D eigenvalue weighted by molar-refractivity contribution is 9.10. The van der Waals surface area contributed by atoms with Crippen LogP contribution in [0.1, 0.15) is 23.0 Å². The van der Waals surface area contributed by atoms with Crippen molar-refractivity contribution < 1.29 is 14.3 Å². The zero-order valence-electron chi connectivity index (χ0n) is 11.8. The fraction of sp³-hybridized carbons (Fsp3) is 0.286. The number of halogens is 1. The molecular formula is C14H16BrN3O3. The van der Waals surface area contributed by atoms with Gasteiger partial charge in [-0.05, 0) is 25.1 Å². The number of hydrogen-bond acceptors (Lipinski definition) is 5. The average molecular weight is 354 g/mol. The van der Waals surface area contributed by atoms with Gasteiger partial charge in [-0.3, -0.25) is 4.68 Å². The van der Waals surface area contributed by atoms with Crippen LogP contribution in [0.5, 0.6) is 5.75 Å². The molecule has 0 unspecified atom stereocenters. The van der Waals surface area contributed by atoms with Gasteiger partial charge >= 0.3 is 5.97 Å². The van der Waals surface area contributed by atoms with Crippen molar-refractivity contribution in [2.75, 3.05) is 19.5 Å². The van der Waals surface area contributed by atoms with Crippen molar-refractivity contribution >= 4 is 27.6 Å². The van der Waals surface area contributed by atoms with E-state index in [2.05, 4.69) is 21.0 Å². The first kappa shape index (κ1) is 15.4. The van der Waals surface area contributed by atoms with Gasteiger partial charge in [-0.25, -0.2) is 4.79 Å².